The van der Waals surface area contributed by atoms with Gasteiger partial charge < -0.3 is 4.90 Å². The van der Waals surface area contributed by atoms with E-state index < -0.39 is 4.92 Å². The highest BCUT2D eigenvalue weighted by molar-refractivity contribution is 5.92. The number of nitro benzene ring substituents is 1. The number of hydrogen-bond acceptors (Lipinski definition) is 6. The van der Waals surface area contributed by atoms with Crippen LogP contribution in [0.1, 0.15) is 12.5 Å². The lowest BCUT2D eigenvalue weighted by atomic mass is 10.0. The van der Waals surface area contributed by atoms with Gasteiger partial charge in [-0.25, -0.2) is 4.98 Å². The molecule has 1 aliphatic heterocycles. The number of aromatic amines is 1. The topological polar surface area (TPSA) is 105 Å². The van der Waals surface area contributed by atoms with Crippen LogP contribution in [-0.4, -0.2) is 25.9 Å². The normalized spacial score (nSPS) is 15.4. The summed E-state index contributed by atoms with van der Waals surface area (Å²) in [5.41, 5.74) is 3.58. The number of para-hydroxylation sites is 1. The number of hydrogen-bond donors (Lipinski definition) is 1. The second kappa shape index (κ2) is 6.77. The molecule has 30 heavy (non-hydrogen) atoms. The van der Waals surface area contributed by atoms with E-state index in [-0.39, 0.29) is 17.3 Å². The first kappa shape index (κ1) is 18.0. The molecule has 1 unspecified atom stereocenters. The quantitative estimate of drug-likeness (QED) is 0.413. The molecule has 2 aromatic carbocycles. The summed E-state index contributed by atoms with van der Waals surface area (Å²) in [6.45, 7) is 2.09. The van der Waals surface area contributed by atoms with E-state index in [1.807, 2.05) is 23.1 Å². The molecule has 3 heterocycles. The molecule has 8 nitrogen and oxygen atoms in total. The predicted molar refractivity (Wildman–Crippen MR) is 114 cm³/mol. The number of pyridine rings is 1. The second-order valence-electron chi connectivity index (χ2n) is 7.30. The number of non-ortho nitro benzene ring substituents is 1. The molecular formula is C22H17N5O3. The molecule has 4 aromatic rings. The van der Waals surface area contributed by atoms with E-state index in [0.29, 0.717) is 28.1 Å². The van der Waals surface area contributed by atoms with Crippen molar-refractivity contribution in [1.29, 1.82) is 0 Å². The standard InChI is InChI=1S/C22H17N5O3/c1-13-12-15-4-2-3-5-18(15)26(13)22-24-20-19(21(28)25-22)17(10-11-23-20)14-6-8-16(9-7-14)27(29)30/h2-11,13H,12H2,1H3,(H,23,24,25,28). The summed E-state index contributed by atoms with van der Waals surface area (Å²) in [6, 6.07) is 16.0. The summed E-state index contributed by atoms with van der Waals surface area (Å²) < 4.78 is 0. The van der Waals surface area contributed by atoms with E-state index in [2.05, 4.69) is 27.9 Å². The Kier molecular flexibility index (Phi) is 4.06. The summed E-state index contributed by atoms with van der Waals surface area (Å²) >= 11 is 0. The molecule has 0 fully saturated rings. The Hall–Kier alpha value is -4.07. The molecule has 8 heteroatoms. The van der Waals surface area contributed by atoms with E-state index in [9.17, 15) is 14.9 Å². The van der Waals surface area contributed by atoms with Crippen LogP contribution in [0.15, 0.2) is 65.6 Å². The van der Waals surface area contributed by atoms with Gasteiger partial charge in [-0.2, -0.15) is 4.98 Å². The van der Waals surface area contributed by atoms with Crippen molar-refractivity contribution in [1.82, 2.24) is 15.0 Å². The maximum atomic E-state index is 13.1. The number of nitro groups is 1. The van der Waals surface area contributed by atoms with E-state index in [1.54, 1.807) is 24.4 Å². The van der Waals surface area contributed by atoms with Gasteiger partial charge >= 0.3 is 0 Å². The van der Waals surface area contributed by atoms with Crippen molar-refractivity contribution in [2.75, 3.05) is 4.90 Å². The summed E-state index contributed by atoms with van der Waals surface area (Å²) in [6.07, 6.45) is 2.46. The highest BCUT2D eigenvalue weighted by Crippen LogP contribution is 2.36. The molecular weight excluding hydrogens is 382 g/mol. The predicted octanol–water partition coefficient (Wildman–Crippen LogP) is 3.98. The average molecular weight is 399 g/mol. The fourth-order valence-corrected chi connectivity index (χ4v) is 4.06. The third kappa shape index (κ3) is 2.81. The molecule has 1 aliphatic rings. The van der Waals surface area contributed by atoms with Crippen LogP contribution in [0.3, 0.4) is 0 Å². The summed E-state index contributed by atoms with van der Waals surface area (Å²) in [4.78, 5) is 37.4. The van der Waals surface area contributed by atoms with Gasteiger partial charge in [-0.15, -0.1) is 0 Å². The maximum absolute atomic E-state index is 13.1. The highest BCUT2D eigenvalue weighted by Gasteiger charge is 2.29. The molecule has 0 saturated carbocycles. The molecule has 0 saturated heterocycles. The van der Waals surface area contributed by atoms with Gasteiger partial charge in [0.15, 0.2) is 5.65 Å². The Balaban J connectivity index is 1.65. The van der Waals surface area contributed by atoms with Crippen molar-refractivity contribution >= 4 is 28.4 Å². The summed E-state index contributed by atoms with van der Waals surface area (Å²) in [5.74, 6) is 0.457. The van der Waals surface area contributed by atoms with Crippen molar-refractivity contribution in [2.45, 2.75) is 19.4 Å². The third-order valence-electron chi connectivity index (χ3n) is 5.42. The molecule has 0 amide bonds. The van der Waals surface area contributed by atoms with Gasteiger partial charge in [0.25, 0.3) is 11.2 Å². The Bertz CT molecular complexity index is 1350. The van der Waals surface area contributed by atoms with Crippen LogP contribution < -0.4 is 10.5 Å². The summed E-state index contributed by atoms with van der Waals surface area (Å²) in [7, 11) is 0. The van der Waals surface area contributed by atoms with Gasteiger partial charge in [-0.3, -0.25) is 19.9 Å². The Morgan fingerprint density at radius 1 is 1.13 bits per heavy atom. The molecule has 5 rings (SSSR count). The Labute approximate surface area is 171 Å². The van der Waals surface area contributed by atoms with Gasteiger partial charge in [-0.1, -0.05) is 18.2 Å². The van der Waals surface area contributed by atoms with E-state index in [4.69, 9.17) is 0 Å². The SMILES string of the molecule is CC1Cc2ccccc2N1c1nc2nccc(-c3ccc([N+](=O)[O-])cc3)c2c(=O)[nH]1. The lowest BCUT2D eigenvalue weighted by Crippen LogP contribution is -2.28. The molecule has 1 atom stereocenters. The smallest absolute Gasteiger partial charge is 0.269 e. The first-order chi connectivity index (χ1) is 14.5. The van der Waals surface area contributed by atoms with Crippen LogP contribution in [0, 0.1) is 10.1 Å². The van der Waals surface area contributed by atoms with Crippen LogP contribution in [0.2, 0.25) is 0 Å². The monoisotopic (exact) mass is 399 g/mol. The maximum Gasteiger partial charge on any atom is 0.269 e. The van der Waals surface area contributed by atoms with Crippen molar-refractivity contribution in [2.24, 2.45) is 0 Å². The zero-order chi connectivity index (χ0) is 20.8. The largest absolute Gasteiger partial charge is 0.309 e. The molecule has 1 N–H and O–H groups in total. The summed E-state index contributed by atoms with van der Waals surface area (Å²) in [5, 5.41) is 11.3. The van der Waals surface area contributed by atoms with Crippen molar-refractivity contribution in [3.05, 3.63) is 86.8 Å². The zero-order valence-corrected chi connectivity index (χ0v) is 16.1. The van der Waals surface area contributed by atoms with Gasteiger partial charge in [0.05, 0.1) is 10.3 Å². The average Bonchev–Trinajstić information content (AvgIpc) is 3.09. The van der Waals surface area contributed by atoms with Crippen LogP contribution in [-0.2, 0) is 6.42 Å². The first-order valence-electron chi connectivity index (χ1n) is 9.54. The minimum Gasteiger partial charge on any atom is -0.309 e. The van der Waals surface area contributed by atoms with Gasteiger partial charge in [0.2, 0.25) is 5.95 Å². The molecule has 0 bridgehead atoms. The van der Waals surface area contributed by atoms with Gasteiger partial charge in [0, 0.05) is 30.1 Å². The first-order valence-corrected chi connectivity index (χ1v) is 9.54. The minimum atomic E-state index is -0.454. The molecule has 0 radical (unpaired) electrons. The molecule has 148 valence electrons. The van der Waals surface area contributed by atoms with E-state index in [1.165, 1.54) is 17.7 Å². The van der Waals surface area contributed by atoms with Crippen LogP contribution in [0.25, 0.3) is 22.2 Å². The van der Waals surface area contributed by atoms with E-state index in [0.717, 1.165) is 12.1 Å². The molecule has 2 aromatic heterocycles. The number of H-pyrrole nitrogens is 1. The minimum absolute atomic E-state index is 0.00637. The fourth-order valence-electron chi connectivity index (χ4n) is 4.06. The van der Waals surface area contributed by atoms with Crippen molar-refractivity contribution in [3.8, 4) is 11.1 Å². The number of fused-ring (bicyclic) bond motifs is 2. The van der Waals surface area contributed by atoms with E-state index >= 15 is 0 Å². The number of benzene rings is 2. The Morgan fingerprint density at radius 2 is 1.90 bits per heavy atom. The van der Waals surface area contributed by atoms with Crippen molar-refractivity contribution < 1.29 is 4.92 Å². The number of nitrogens with zero attached hydrogens (tertiary/aromatic N) is 4. The highest BCUT2D eigenvalue weighted by atomic mass is 16.6. The Morgan fingerprint density at radius 3 is 2.67 bits per heavy atom. The van der Waals surface area contributed by atoms with Gasteiger partial charge in [0.1, 0.15) is 0 Å². The fraction of sp³-hybridized carbons (Fsp3) is 0.136. The number of anilines is 2. The van der Waals surface area contributed by atoms with Crippen molar-refractivity contribution in [3.63, 3.8) is 0 Å². The molecule has 0 spiro atoms. The number of aromatic nitrogens is 3. The molecule has 0 aliphatic carbocycles. The zero-order valence-electron chi connectivity index (χ0n) is 16.1. The number of rotatable bonds is 3. The third-order valence-corrected chi connectivity index (χ3v) is 5.42. The van der Waals surface area contributed by atoms with Crippen LogP contribution >= 0.6 is 0 Å². The lowest BCUT2D eigenvalue weighted by molar-refractivity contribution is -0.384. The second-order valence-corrected chi connectivity index (χ2v) is 7.30. The lowest BCUT2D eigenvalue weighted by Gasteiger charge is -2.23. The number of nitrogens with one attached hydrogen (secondary N) is 1. The van der Waals surface area contributed by atoms with Crippen LogP contribution in [0.5, 0.6) is 0 Å². The van der Waals surface area contributed by atoms with Crippen LogP contribution in [0.4, 0.5) is 17.3 Å². The van der Waals surface area contributed by atoms with Gasteiger partial charge in [-0.05, 0) is 54.3 Å².